The summed E-state index contributed by atoms with van der Waals surface area (Å²) in [5.74, 6) is 0.182. The van der Waals surface area contributed by atoms with Crippen molar-refractivity contribution < 1.29 is 17.9 Å². The van der Waals surface area contributed by atoms with E-state index in [0.717, 1.165) is 21.7 Å². The fraction of sp³-hybridized carbons (Fsp3) is 0.409. The molecule has 0 radical (unpaired) electrons. The van der Waals surface area contributed by atoms with Crippen LogP contribution in [-0.4, -0.2) is 33.7 Å². The van der Waals surface area contributed by atoms with Crippen molar-refractivity contribution in [2.45, 2.75) is 46.2 Å². The van der Waals surface area contributed by atoms with E-state index in [-0.39, 0.29) is 11.9 Å². The minimum atomic E-state index is -3.70. The summed E-state index contributed by atoms with van der Waals surface area (Å²) in [6.07, 6.45) is 1.44. The van der Waals surface area contributed by atoms with Gasteiger partial charge in [0.1, 0.15) is 11.8 Å². The molecular weight excluding hydrogens is 388 g/mol. The molecule has 0 fully saturated rings. The van der Waals surface area contributed by atoms with Gasteiger partial charge in [0.15, 0.2) is 0 Å². The van der Waals surface area contributed by atoms with Crippen LogP contribution in [0.5, 0.6) is 5.75 Å². The summed E-state index contributed by atoms with van der Waals surface area (Å²) >= 11 is 0. The van der Waals surface area contributed by atoms with Gasteiger partial charge in [-0.2, -0.15) is 0 Å². The minimum Gasteiger partial charge on any atom is -0.497 e. The van der Waals surface area contributed by atoms with Gasteiger partial charge in [-0.05, 0) is 56.0 Å². The largest absolute Gasteiger partial charge is 0.497 e. The van der Waals surface area contributed by atoms with Crippen molar-refractivity contribution >= 4 is 21.6 Å². The Morgan fingerprint density at radius 3 is 2.38 bits per heavy atom. The predicted octanol–water partition coefficient (Wildman–Crippen LogP) is 3.73. The smallest absolute Gasteiger partial charge is 0.244 e. The summed E-state index contributed by atoms with van der Waals surface area (Å²) in [6.45, 7) is 7.75. The van der Waals surface area contributed by atoms with E-state index in [2.05, 4.69) is 5.32 Å². The van der Waals surface area contributed by atoms with Crippen LogP contribution < -0.4 is 14.4 Å². The molecule has 158 valence electrons. The molecule has 0 aliphatic heterocycles. The number of nitrogens with one attached hydrogen (secondary N) is 1. The van der Waals surface area contributed by atoms with Crippen LogP contribution in [0, 0.1) is 13.8 Å². The molecular formula is C22H30N2O4S. The average Bonchev–Trinajstić information content (AvgIpc) is 2.66. The second-order valence-electron chi connectivity index (χ2n) is 7.26. The Morgan fingerprint density at radius 1 is 1.14 bits per heavy atom. The second-order valence-corrected chi connectivity index (χ2v) is 9.12. The number of methoxy groups -OCH3 is 1. The molecule has 6 nitrogen and oxygen atoms in total. The van der Waals surface area contributed by atoms with Crippen LogP contribution in [0.3, 0.4) is 0 Å². The van der Waals surface area contributed by atoms with E-state index in [1.54, 1.807) is 31.2 Å². The average molecular weight is 419 g/mol. The molecule has 0 aliphatic rings. The van der Waals surface area contributed by atoms with Gasteiger partial charge in [-0.3, -0.25) is 9.10 Å². The maximum absolute atomic E-state index is 13.1. The molecule has 29 heavy (non-hydrogen) atoms. The lowest BCUT2D eigenvalue weighted by Crippen LogP contribution is -2.49. The van der Waals surface area contributed by atoms with Crippen molar-refractivity contribution in [3.63, 3.8) is 0 Å². The summed E-state index contributed by atoms with van der Waals surface area (Å²) in [5, 5.41) is 2.97. The Kier molecular flexibility index (Phi) is 7.30. The van der Waals surface area contributed by atoms with Gasteiger partial charge in [-0.25, -0.2) is 8.42 Å². The first kappa shape index (κ1) is 22.7. The lowest BCUT2D eigenvalue weighted by Gasteiger charge is -2.31. The molecule has 2 aromatic carbocycles. The predicted molar refractivity (Wildman–Crippen MR) is 117 cm³/mol. The fourth-order valence-corrected chi connectivity index (χ4v) is 4.44. The van der Waals surface area contributed by atoms with Gasteiger partial charge >= 0.3 is 0 Å². The molecule has 0 spiro atoms. The van der Waals surface area contributed by atoms with Crippen molar-refractivity contribution in [1.29, 1.82) is 0 Å². The van der Waals surface area contributed by atoms with E-state index < -0.39 is 16.1 Å². The number of amides is 1. The van der Waals surface area contributed by atoms with Crippen LogP contribution in [0.1, 0.15) is 43.0 Å². The third kappa shape index (κ3) is 5.50. The van der Waals surface area contributed by atoms with E-state index in [0.29, 0.717) is 17.9 Å². The first-order chi connectivity index (χ1) is 13.6. The quantitative estimate of drug-likeness (QED) is 0.709. The Balaban J connectivity index is 2.33. The lowest BCUT2D eigenvalue weighted by molar-refractivity contribution is -0.122. The summed E-state index contributed by atoms with van der Waals surface area (Å²) in [6, 6.07) is 11.6. The number of aryl methyl sites for hydroxylation is 2. The van der Waals surface area contributed by atoms with Crippen LogP contribution >= 0.6 is 0 Å². The second kappa shape index (κ2) is 9.31. The molecule has 0 aliphatic carbocycles. The van der Waals surface area contributed by atoms with Crippen molar-refractivity contribution in [2.24, 2.45) is 0 Å². The molecule has 1 amide bonds. The van der Waals surface area contributed by atoms with Crippen molar-refractivity contribution in [3.8, 4) is 5.75 Å². The number of ether oxygens (including phenoxy) is 1. The molecule has 2 atom stereocenters. The number of hydrogen-bond acceptors (Lipinski definition) is 4. The van der Waals surface area contributed by atoms with Crippen LogP contribution in [0.15, 0.2) is 42.5 Å². The number of sulfonamides is 1. The van der Waals surface area contributed by atoms with Crippen LogP contribution in [0.25, 0.3) is 0 Å². The van der Waals surface area contributed by atoms with Crippen LogP contribution in [0.2, 0.25) is 0 Å². The molecule has 0 aromatic heterocycles. The SMILES string of the molecule is CC[C@@H](C(=O)N[C@H](C)c1ccc(C)c(C)c1)N(c1cccc(OC)c1)S(C)(=O)=O. The number of benzene rings is 2. The molecule has 2 rings (SSSR count). The van der Waals surface area contributed by atoms with Crippen molar-refractivity contribution in [1.82, 2.24) is 5.32 Å². The molecule has 0 saturated heterocycles. The van der Waals surface area contributed by atoms with E-state index >= 15 is 0 Å². The highest BCUT2D eigenvalue weighted by Crippen LogP contribution is 2.27. The van der Waals surface area contributed by atoms with Crippen LogP contribution in [-0.2, 0) is 14.8 Å². The van der Waals surface area contributed by atoms with E-state index in [4.69, 9.17) is 4.74 Å². The first-order valence-corrected chi connectivity index (χ1v) is 11.4. The molecule has 0 saturated carbocycles. The summed E-state index contributed by atoms with van der Waals surface area (Å²) < 4.78 is 31.5. The summed E-state index contributed by atoms with van der Waals surface area (Å²) in [5.41, 5.74) is 3.70. The Bertz CT molecular complexity index is 973. The Morgan fingerprint density at radius 2 is 1.83 bits per heavy atom. The van der Waals surface area contributed by atoms with E-state index in [1.807, 2.05) is 39.0 Å². The number of hydrogen-bond donors (Lipinski definition) is 1. The number of nitrogens with zero attached hydrogens (tertiary/aromatic N) is 1. The molecule has 1 N–H and O–H groups in total. The third-order valence-electron chi connectivity index (χ3n) is 5.03. The van der Waals surface area contributed by atoms with Crippen LogP contribution in [0.4, 0.5) is 5.69 Å². The third-order valence-corrected chi connectivity index (χ3v) is 6.21. The maximum atomic E-state index is 13.1. The van der Waals surface area contributed by atoms with E-state index in [1.165, 1.54) is 12.7 Å². The van der Waals surface area contributed by atoms with Crippen molar-refractivity contribution in [3.05, 3.63) is 59.2 Å². The van der Waals surface area contributed by atoms with Gasteiger partial charge in [0, 0.05) is 6.07 Å². The minimum absolute atomic E-state index is 0.248. The highest BCUT2D eigenvalue weighted by molar-refractivity contribution is 7.92. The zero-order valence-electron chi connectivity index (χ0n) is 17.9. The summed E-state index contributed by atoms with van der Waals surface area (Å²) in [4.78, 5) is 13.1. The van der Waals surface area contributed by atoms with E-state index in [9.17, 15) is 13.2 Å². The summed E-state index contributed by atoms with van der Waals surface area (Å²) in [7, 11) is -2.18. The standard InChI is InChI=1S/C22H30N2O4S/c1-7-21(22(25)23-17(4)18-12-11-15(2)16(3)13-18)24(29(6,26)27)19-9-8-10-20(14-19)28-5/h8-14,17,21H,7H2,1-6H3,(H,23,25)/t17-,21+/m1/s1. The van der Waals surface area contributed by atoms with Gasteiger partial charge < -0.3 is 10.1 Å². The van der Waals surface area contributed by atoms with Gasteiger partial charge in [0.2, 0.25) is 15.9 Å². The topological polar surface area (TPSA) is 75.7 Å². The molecule has 0 bridgehead atoms. The maximum Gasteiger partial charge on any atom is 0.244 e. The lowest BCUT2D eigenvalue weighted by atomic mass is 10.0. The fourth-order valence-electron chi connectivity index (χ4n) is 3.23. The molecule has 0 heterocycles. The number of anilines is 1. The first-order valence-electron chi connectivity index (χ1n) is 9.59. The zero-order chi connectivity index (χ0) is 21.8. The van der Waals surface area contributed by atoms with Crippen molar-refractivity contribution in [2.75, 3.05) is 17.7 Å². The van der Waals surface area contributed by atoms with Gasteiger partial charge in [0.25, 0.3) is 0 Å². The zero-order valence-corrected chi connectivity index (χ0v) is 18.7. The highest BCUT2D eigenvalue weighted by atomic mass is 32.2. The molecule has 2 aromatic rings. The van der Waals surface area contributed by atoms with Gasteiger partial charge in [0.05, 0.1) is 25.1 Å². The molecule has 0 unspecified atom stereocenters. The number of rotatable bonds is 8. The number of carbonyl (C=O) groups is 1. The Hall–Kier alpha value is -2.54. The normalized spacial score (nSPS) is 13.4. The van der Waals surface area contributed by atoms with Gasteiger partial charge in [-0.1, -0.05) is 31.2 Å². The van der Waals surface area contributed by atoms with Gasteiger partial charge in [-0.15, -0.1) is 0 Å². The highest BCUT2D eigenvalue weighted by Gasteiger charge is 2.32. The Labute approximate surface area is 173 Å². The number of carbonyl (C=O) groups excluding carboxylic acids is 1. The monoisotopic (exact) mass is 418 g/mol. The molecule has 7 heteroatoms.